The molecule has 1 saturated heterocycles. The Bertz CT molecular complexity index is 769. The van der Waals surface area contributed by atoms with Crippen molar-refractivity contribution in [3.63, 3.8) is 0 Å². The summed E-state index contributed by atoms with van der Waals surface area (Å²) < 4.78 is 7.87. The summed E-state index contributed by atoms with van der Waals surface area (Å²) in [5.41, 5.74) is 1.18. The van der Waals surface area contributed by atoms with Gasteiger partial charge < -0.3 is 19.5 Å². The highest BCUT2D eigenvalue weighted by molar-refractivity contribution is 5.85. The minimum atomic E-state index is 0. The molecule has 1 amide bonds. The van der Waals surface area contributed by atoms with Crippen LogP contribution < -0.4 is 10.1 Å². The zero-order valence-electron chi connectivity index (χ0n) is 15.6. The normalized spacial score (nSPS) is 17.1. The Morgan fingerprint density at radius 1 is 1.19 bits per heavy atom. The van der Waals surface area contributed by atoms with Gasteiger partial charge in [-0.2, -0.15) is 0 Å². The Hall–Kier alpha value is -2.12. The Morgan fingerprint density at radius 3 is 2.67 bits per heavy atom. The second kappa shape index (κ2) is 8.71. The molecule has 8 heteroatoms. The molecule has 0 saturated carbocycles. The van der Waals surface area contributed by atoms with Gasteiger partial charge in [0, 0.05) is 32.1 Å². The van der Waals surface area contributed by atoms with Crippen LogP contribution in [0.3, 0.4) is 0 Å². The van der Waals surface area contributed by atoms with Crippen LogP contribution in [0, 0.1) is 6.92 Å². The van der Waals surface area contributed by atoms with Crippen LogP contribution in [0.15, 0.2) is 24.3 Å². The lowest BCUT2D eigenvalue weighted by Crippen LogP contribution is -2.41. The van der Waals surface area contributed by atoms with Crippen LogP contribution in [0.2, 0.25) is 0 Å². The first-order valence-corrected chi connectivity index (χ1v) is 9.30. The highest BCUT2D eigenvalue weighted by Crippen LogP contribution is 2.28. The van der Waals surface area contributed by atoms with E-state index in [4.69, 9.17) is 4.74 Å². The van der Waals surface area contributed by atoms with Crippen molar-refractivity contribution in [2.45, 2.75) is 38.8 Å². The molecule has 146 valence electrons. The van der Waals surface area contributed by atoms with Crippen molar-refractivity contribution in [2.75, 3.05) is 26.2 Å². The molecule has 0 radical (unpaired) electrons. The number of carbonyl (C=O) groups is 1. The van der Waals surface area contributed by atoms with E-state index in [0.717, 1.165) is 63.0 Å². The first-order valence-electron chi connectivity index (χ1n) is 9.30. The molecule has 7 nitrogen and oxygen atoms in total. The summed E-state index contributed by atoms with van der Waals surface area (Å²) in [6.07, 6.45) is 1.86. The fourth-order valence-corrected chi connectivity index (χ4v) is 3.67. The Morgan fingerprint density at radius 2 is 1.93 bits per heavy atom. The molecular formula is C19H26ClN5O2. The average Bonchev–Trinajstić information content (AvgIpc) is 3.11. The van der Waals surface area contributed by atoms with E-state index in [1.165, 1.54) is 5.56 Å². The van der Waals surface area contributed by atoms with Gasteiger partial charge in [0.15, 0.2) is 6.61 Å². The van der Waals surface area contributed by atoms with Crippen LogP contribution in [0.4, 0.5) is 0 Å². The molecule has 2 aliphatic rings. The lowest BCUT2D eigenvalue weighted by Gasteiger charge is -2.32. The first-order chi connectivity index (χ1) is 12.7. The van der Waals surface area contributed by atoms with E-state index in [0.29, 0.717) is 5.92 Å². The van der Waals surface area contributed by atoms with E-state index in [1.54, 1.807) is 0 Å². The fourth-order valence-electron chi connectivity index (χ4n) is 3.67. The predicted molar refractivity (Wildman–Crippen MR) is 104 cm³/mol. The molecule has 4 rings (SSSR count). The molecule has 0 atom stereocenters. The SMILES string of the molecule is Cc1ccc(OCC(=O)N2CCC(c3nnc4n3CCNC4)CC2)cc1.Cl. The monoisotopic (exact) mass is 391 g/mol. The summed E-state index contributed by atoms with van der Waals surface area (Å²) in [4.78, 5) is 14.3. The van der Waals surface area contributed by atoms with Crippen molar-refractivity contribution in [3.05, 3.63) is 41.5 Å². The second-order valence-electron chi connectivity index (χ2n) is 7.06. The van der Waals surface area contributed by atoms with Crippen molar-refractivity contribution >= 4 is 18.3 Å². The number of piperidine rings is 1. The Balaban J connectivity index is 0.00000210. The van der Waals surface area contributed by atoms with Gasteiger partial charge in [0.1, 0.15) is 17.4 Å². The first kappa shape index (κ1) is 19.6. The number of hydrogen-bond donors (Lipinski definition) is 1. The maximum atomic E-state index is 12.4. The number of nitrogens with one attached hydrogen (secondary N) is 1. The van der Waals surface area contributed by atoms with E-state index < -0.39 is 0 Å². The molecule has 1 aromatic heterocycles. The number of carbonyl (C=O) groups excluding carboxylic acids is 1. The maximum absolute atomic E-state index is 12.4. The number of halogens is 1. The van der Waals surface area contributed by atoms with Gasteiger partial charge in [-0.1, -0.05) is 17.7 Å². The highest BCUT2D eigenvalue weighted by atomic mass is 35.5. The smallest absolute Gasteiger partial charge is 0.260 e. The summed E-state index contributed by atoms with van der Waals surface area (Å²) in [6, 6.07) is 7.77. The average molecular weight is 392 g/mol. The van der Waals surface area contributed by atoms with Gasteiger partial charge in [-0.25, -0.2) is 0 Å². The van der Waals surface area contributed by atoms with Gasteiger partial charge in [-0.05, 0) is 31.9 Å². The third-order valence-electron chi connectivity index (χ3n) is 5.25. The van der Waals surface area contributed by atoms with Gasteiger partial charge in [-0.3, -0.25) is 4.79 Å². The van der Waals surface area contributed by atoms with Crippen LogP contribution in [0.1, 0.15) is 36.0 Å². The van der Waals surface area contributed by atoms with Crippen molar-refractivity contribution in [2.24, 2.45) is 0 Å². The molecule has 27 heavy (non-hydrogen) atoms. The molecule has 2 aliphatic heterocycles. The highest BCUT2D eigenvalue weighted by Gasteiger charge is 2.28. The standard InChI is InChI=1S/C19H25N5O2.ClH/c1-14-2-4-16(5-3-14)26-13-18(25)23-9-6-15(7-10-23)19-22-21-17-12-20-8-11-24(17)19;/h2-5,15,20H,6-13H2,1H3;1H. The van der Waals surface area contributed by atoms with E-state index in [1.807, 2.05) is 36.1 Å². The fraction of sp³-hybridized carbons (Fsp3) is 0.526. The topological polar surface area (TPSA) is 72.3 Å². The van der Waals surface area contributed by atoms with Gasteiger partial charge in [0.2, 0.25) is 0 Å². The largest absolute Gasteiger partial charge is 0.484 e. The van der Waals surface area contributed by atoms with Crippen molar-refractivity contribution in [1.29, 1.82) is 0 Å². The maximum Gasteiger partial charge on any atom is 0.260 e. The summed E-state index contributed by atoms with van der Waals surface area (Å²) >= 11 is 0. The van der Waals surface area contributed by atoms with Gasteiger partial charge in [0.05, 0.1) is 6.54 Å². The lowest BCUT2D eigenvalue weighted by atomic mass is 9.95. The molecular weight excluding hydrogens is 366 g/mol. The van der Waals surface area contributed by atoms with Crippen LogP contribution in [-0.2, 0) is 17.9 Å². The Labute approximate surface area is 165 Å². The van der Waals surface area contributed by atoms with E-state index >= 15 is 0 Å². The van der Waals surface area contributed by atoms with Crippen LogP contribution in [-0.4, -0.2) is 51.8 Å². The van der Waals surface area contributed by atoms with E-state index in [9.17, 15) is 4.79 Å². The molecule has 1 aromatic carbocycles. The van der Waals surface area contributed by atoms with Gasteiger partial charge >= 0.3 is 0 Å². The molecule has 0 aliphatic carbocycles. The number of nitrogens with zero attached hydrogens (tertiary/aromatic N) is 4. The zero-order chi connectivity index (χ0) is 17.9. The summed E-state index contributed by atoms with van der Waals surface area (Å²) in [5, 5.41) is 12.0. The number of hydrogen-bond acceptors (Lipinski definition) is 5. The number of amides is 1. The van der Waals surface area contributed by atoms with Gasteiger partial charge in [-0.15, -0.1) is 22.6 Å². The van der Waals surface area contributed by atoms with Crippen molar-refractivity contribution in [3.8, 4) is 5.75 Å². The summed E-state index contributed by atoms with van der Waals surface area (Å²) in [5.74, 6) is 3.29. The number of likely N-dealkylation sites (tertiary alicyclic amines) is 1. The third-order valence-corrected chi connectivity index (χ3v) is 5.25. The quantitative estimate of drug-likeness (QED) is 0.861. The molecule has 1 N–H and O–H groups in total. The molecule has 0 spiro atoms. The number of aryl methyl sites for hydroxylation is 1. The number of rotatable bonds is 4. The minimum absolute atomic E-state index is 0. The molecule has 0 bridgehead atoms. The molecule has 3 heterocycles. The third kappa shape index (κ3) is 4.42. The number of fused-ring (bicyclic) bond motifs is 1. The van der Waals surface area contributed by atoms with E-state index in [-0.39, 0.29) is 24.9 Å². The molecule has 1 fully saturated rings. The van der Waals surface area contributed by atoms with Crippen LogP contribution in [0.5, 0.6) is 5.75 Å². The van der Waals surface area contributed by atoms with Crippen molar-refractivity contribution < 1.29 is 9.53 Å². The van der Waals surface area contributed by atoms with Crippen molar-refractivity contribution in [1.82, 2.24) is 25.0 Å². The minimum Gasteiger partial charge on any atom is -0.484 e. The predicted octanol–water partition coefficient (Wildman–Crippen LogP) is 1.90. The summed E-state index contributed by atoms with van der Waals surface area (Å²) in [7, 11) is 0. The van der Waals surface area contributed by atoms with Crippen LogP contribution >= 0.6 is 12.4 Å². The zero-order valence-corrected chi connectivity index (χ0v) is 16.4. The van der Waals surface area contributed by atoms with Crippen LogP contribution in [0.25, 0.3) is 0 Å². The van der Waals surface area contributed by atoms with E-state index in [2.05, 4.69) is 20.1 Å². The lowest BCUT2D eigenvalue weighted by molar-refractivity contribution is -0.134. The number of ether oxygens (including phenoxy) is 1. The summed E-state index contributed by atoms with van der Waals surface area (Å²) in [6.45, 7) is 6.32. The van der Waals surface area contributed by atoms with Gasteiger partial charge in [0.25, 0.3) is 5.91 Å². The second-order valence-corrected chi connectivity index (χ2v) is 7.06. The molecule has 2 aromatic rings. The number of aromatic nitrogens is 3. The number of benzene rings is 1. The molecule has 0 unspecified atom stereocenters. The Kier molecular flexibility index (Phi) is 6.34.